The van der Waals surface area contributed by atoms with Gasteiger partial charge in [0.05, 0.1) is 0 Å². The van der Waals surface area contributed by atoms with Gasteiger partial charge in [0.15, 0.2) is 6.61 Å². The number of nitrogens with two attached hydrogens (primary N) is 1. The molecule has 2 amide bonds. The predicted molar refractivity (Wildman–Crippen MR) is 90.8 cm³/mol. The van der Waals surface area contributed by atoms with Crippen LogP contribution in [0.4, 0.5) is 0 Å². The fourth-order valence-electron chi connectivity index (χ4n) is 3.89. The van der Waals surface area contributed by atoms with Crippen molar-refractivity contribution in [1.29, 1.82) is 0 Å². The van der Waals surface area contributed by atoms with Crippen LogP contribution < -0.4 is 10.5 Å². The molecule has 0 saturated carbocycles. The lowest BCUT2D eigenvalue weighted by Crippen LogP contribution is -2.48. The topological polar surface area (TPSA) is 75.9 Å². The van der Waals surface area contributed by atoms with E-state index in [1.54, 1.807) is 24.3 Å². The minimum absolute atomic E-state index is 0.00481. The maximum atomic E-state index is 12.6. The van der Waals surface area contributed by atoms with Gasteiger partial charge in [-0.25, -0.2) is 0 Å². The van der Waals surface area contributed by atoms with Crippen molar-refractivity contribution in [2.45, 2.75) is 37.8 Å². The first-order valence-electron chi connectivity index (χ1n) is 8.58. The van der Waals surface area contributed by atoms with Crippen LogP contribution in [0.25, 0.3) is 0 Å². The van der Waals surface area contributed by atoms with Gasteiger partial charge in [0.25, 0.3) is 5.91 Å². The molecule has 6 nitrogen and oxygen atoms in total. The van der Waals surface area contributed by atoms with Crippen molar-refractivity contribution >= 4 is 11.8 Å². The average molecular weight is 331 g/mol. The summed E-state index contributed by atoms with van der Waals surface area (Å²) in [4.78, 5) is 28.2. The van der Waals surface area contributed by atoms with Crippen molar-refractivity contribution in [3.8, 4) is 5.75 Å². The highest BCUT2D eigenvalue weighted by Crippen LogP contribution is 2.29. The lowest BCUT2D eigenvalue weighted by molar-refractivity contribution is -0.135. The number of ether oxygens (including phenoxy) is 1. The van der Waals surface area contributed by atoms with E-state index in [0.717, 1.165) is 32.4 Å². The van der Waals surface area contributed by atoms with Crippen LogP contribution in [0, 0.1) is 0 Å². The molecular weight excluding hydrogens is 306 g/mol. The van der Waals surface area contributed by atoms with Crippen LogP contribution in [-0.4, -0.2) is 60.4 Å². The highest BCUT2D eigenvalue weighted by molar-refractivity contribution is 5.93. The van der Waals surface area contributed by atoms with E-state index in [1.807, 2.05) is 4.90 Å². The Labute approximate surface area is 142 Å². The molecule has 0 spiro atoms. The number of rotatable bonds is 5. The molecule has 1 aromatic carbocycles. The summed E-state index contributed by atoms with van der Waals surface area (Å²) in [6.07, 6.45) is 4.48. The van der Waals surface area contributed by atoms with Crippen LogP contribution >= 0.6 is 0 Å². The molecule has 0 unspecified atom stereocenters. The molecule has 2 saturated heterocycles. The lowest BCUT2D eigenvalue weighted by Gasteiger charge is -2.33. The summed E-state index contributed by atoms with van der Waals surface area (Å²) in [5, 5.41) is 0. The highest BCUT2D eigenvalue weighted by atomic mass is 16.5. The van der Waals surface area contributed by atoms with E-state index in [9.17, 15) is 9.59 Å². The smallest absolute Gasteiger partial charge is 0.260 e. The third-order valence-electron chi connectivity index (χ3n) is 5.12. The Morgan fingerprint density at radius 3 is 2.67 bits per heavy atom. The third kappa shape index (κ3) is 3.53. The minimum Gasteiger partial charge on any atom is -0.484 e. The van der Waals surface area contributed by atoms with Crippen LogP contribution in [0.5, 0.6) is 5.75 Å². The number of likely N-dealkylation sites (tertiary alicyclic amines) is 2. The number of hydrogen-bond acceptors (Lipinski definition) is 4. The Kier molecular flexibility index (Phi) is 5.04. The summed E-state index contributed by atoms with van der Waals surface area (Å²) >= 11 is 0. The minimum atomic E-state index is -0.504. The van der Waals surface area contributed by atoms with Crippen molar-refractivity contribution in [3.05, 3.63) is 29.8 Å². The summed E-state index contributed by atoms with van der Waals surface area (Å²) < 4.78 is 5.60. The van der Waals surface area contributed by atoms with E-state index >= 15 is 0 Å². The monoisotopic (exact) mass is 331 g/mol. The van der Waals surface area contributed by atoms with E-state index in [4.69, 9.17) is 10.5 Å². The normalized spacial score (nSPS) is 24.3. The molecule has 0 bridgehead atoms. The van der Waals surface area contributed by atoms with E-state index in [2.05, 4.69) is 11.9 Å². The van der Waals surface area contributed by atoms with Gasteiger partial charge in [-0.15, -0.1) is 0 Å². The van der Waals surface area contributed by atoms with Crippen LogP contribution in [0.15, 0.2) is 24.3 Å². The van der Waals surface area contributed by atoms with Crippen molar-refractivity contribution < 1.29 is 14.3 Å². The summed E-state index contributed by atoms with van der Waals surface area (Å²) in [7, 11) is 2.14. The van der Waals surface area contributed by atoms with Crippen molar-refractivity contribution in [2.24, 2.45) is 5.73 Å². The van der Waals surface area contributed by atoms with E-state index in [1.165, 1.54) is 6.42 Å². The fraction of sp³-hybridized carbons (Fsp3) is 0.556. The van der Waals surface area contributed by atoms with Gasteiger partial charge in [0, 0.05) is 24.2 Å². The van der Waals surface area contributed by atoms with Crippen LogP contribution in [0.1, 0.15) is 36.0 Å². The molecule has 1 aromatic rings. The molecule has 24 heavy (non-hydrogen) atoms. The number of benzene rings is 1. The summed E-state index contributed by atoms with van der Waals surface area (Å²) in [5.41, 5.74) is 5.65. The first-order valence-corrected chi connectivity index (χ1v) is 8.58. The van der Waals surface area contributed by atoms with E-state index in [-0.39, 0.29) is 12.5 Å². The molecule has 0 aliphatic carbocycles. The number of carbonyl (C=O) groups is 2. The summed E-state index contributed by atoms with van der Waals surface area (Å²) in [5.74, 6) is 0.00585. The number of hydrogen-bond donors (Lipinski definition) is 1. The largest absolute Gasteiger partial charge is 0.484 e. The first kappa shape index (κ1) is 16.8. The Morgan fingerprint density at radius 1 is 1.21 bits per heavy atom. The molecule has 2 aliphatic rings. The molecule has 2 atom stereocenters. The maximum Gasteiger partial charge on any atom is 0.260 e. The summed E-state index contributed by atoms with van der Waals surface area (Å²) in [6, 6.07) is 7.39. The van der Waals surface area contributed by atoms with Gasteiger partial charge in [-0.2, -0.15) is 0 Å². The predicted octanol–water partition coefficient (Wildman–Crippen LogP) is 1.25. The van der Waals surface area contributed by atoms with Crippen LogP contribution in [0.2, 0.25) is 0 Å². The Morgan fingerprint density at radius 2 is 1.96 bits per heavy atom. The van der Waals surface area contributed by atoms with Gasteiger partial charge < -0.3 is 20.3 Å². The van der Waals surface area contributed by atoms with Gasteiger partial charge in [0.2, 0.25) is 5.91 Å². The van der Waals surface area contributed by atoms with Gasteiger partial charge in [-0.3, -0.25) is 9.59 Å². The SMILES string of the molecule is CN1CCC[C@H]1[C@@H]1CCCN1C(=O)COc1cccc(C(N)=O)c1. The zero-order chi connectivity index (χ0) is 17.1. The molecule has 3 rings (SSSR count). The molecule has 2 N–H and O–H groups in total. The quantitative estimate of drug-likeness (QED) is 0.881. The second kappa shape index (κ2) is 7.21. The number of nitrogens with zero attached hydrogens (tertiary/aromatic N) is 2. The Balaban J connectivity index is 1.60. The number of amides is 2. The first-order chi connectivity index (χ1) is 11.6. The van der Waals surface area contributed by atoms with E-state index in [0.29, 0.717) is 23.4 Å². The zero-order valence-electron chi connectivity index (χ0n) is 14.1. The molecule has 0 radical (unpaired) electrons. The fourth-order valence-corrected chi connectivity index (χ4v) is 3.89. The standard InChI is InChI=1S/C18H25N3O3/c1-20-9-3-7-15(20)16-8-4-10-21(16)17(22)12-24-14-6-2-5-13(11-14)18(19)23/h2,5-6,11,15-16H,3-4,7-10,12H2,1H3,(H2,19,23)/t15-,16-/m0/s1. The molecule has 130 valence electrons. The molecule has 6 heteroatoms. The van der Waals surface area contributed by atoms with Crippen LogP contribution in [0.3, 0.4) is 0 Å². The van der Waals surface area contributed by atoms with Gasteiger partial charge in [-0.1, -0.05) is 6.07 Å². The highest BCUT2D eigenvalue weighted by Gasteiger charge is 2.38. The van der Waals surface area contributed by atoms with Crippen molar-refractivity contribution in [2.75, 3.05) is 26.7 Å². The van der Waals surface area contributed by atoms with E-state index < -0.39 is 5.91 Å². The molecule has 2 aliphatic heterocycles. The van der Waals surface area contributed by atoms with Crippen LogP contribution in [-0.2, 0) is 4.79 Å². The lowest BCUT2D eigenvalue weighted by atomic mass is 10.0. The second-order valence-corrected chi connectivity index (χ2v) is 6.67. The third-order valence-corrected chi connectivity index (χ3v) is 5.12. The van der Waals surface area contributed by atoms with Gasteiger partial charge >= 0.3 is 0 Å². The summed E-state index contributed by atoms with van der Waals surface area (Å²) in [6.45, 7) is 1.91. The molecule has 0 aromatic heterocycles. The van der Waals surface area contributed by atoms with Crippen molar-refractivity contribution in [1.82, 2.24) is 9.80 Å². The second-order valence-electron chi connectivity index (χ2n) is 6.67. The Bertz CT molecular complexity index is 619. The molecular formula is C18H25N3O3. The van der Waals surface area contributed by atoms with Gasteiger partial charge in [0.1, 0.15) is 5.75 Å². The number of carbonyl (C=O) groups excluding carboxylic acids is 2. The number of likely N-dealkylation sites (N-methyl/N-ethyl adjacent to an activating group) is 1. The maximum absolute atomic E-state index is 12.6. The van der Waals surface area contributed by atoms with Crippen molar-refractivity contribution in [3.63, 3.8) is 0 Å². The van der Waals surface area contributed by atoms with Gasteiger partial charge in [-0.05, 0) is 57.5 Å². The number of primary amides is 1. The molecule has 2 heterocycles. The average Bonchev–Trinajstić information content (AvgIpc) is 3.21. The zero-order valence-corrected chi connectivity index (χ0v) is 14.1. The Hall–Kier alpha value is -2.08. The molecule has 2 fully saturated rings.